The molecule has 2 aliphatic rings. The van der Waals surface area contributed by atoms with Crippen LogP contribution in [0.5, 0.6) is 0 Å². The molecule has 0 aromatic heterocycles. The Kier molecular flexibility index (Phi) is 6.01. The van der Waals surface area contributed by atoms with Crippen LogP contribution in [0.2, 0.25) is 0 Å². The Bertz CT molecular complexity index is 356. The molecule has 0 aromatic carbocycles. The van der Waals surface area contributed by atoms with Gasteiger partial charge in [0, 0.05) is 0 Å². The Morgan fingerprint density at radius 3 is 2.09 bits per heavy atom. The summed E-state index contributed by atoms with van der Waals surface area (Å²) in [7, 11) is 0. The van der Waals surface area contributed by atoms with E-state index in [0.717, 1.165) is 0 Å². The molecule has 2 rings (SSSR count). The highest BCUT2D eigenvalue weighted by Crippen LogP contribution is 2.28. The number of alkyl halides is 1. The fourth-order valence-electron chi connectivity index (χ4n) is 2.23. The fourth-order valence-corrected chi connectivity index (χ4v) is 2.23. The lowest BCUT2D eigenvalue weighted by atomic mass is 10.00. The molecular weight excluding hydrogens is 311 g/mol. The SMILES string of the molecule is OCC1O[C@@H](O[C@@H]2C(CO)OO[C@@H](O)C2O)C(O)C(F)[C@@H]1O. The number of hydrogen-bond acceptors (Lipinski definition) is 10. The number of hydrogen-bond donors (Lipinski definition) is 6. The van der Waals surface area contributed by atoms with Crippen molar-refractivity contribution in [3.05, 3.63) is 0 Å². The summed E-state index contributed by atoms with van der Waals surface area (Å²) in [4.78, 5) is 8.91. The van der Waals surface area contributed by atoms with Crippen LogP contribution in [-0.4, -0.2) is 99.2 Å². The minimum absolute atomic E-state index is 0.664. The summed E-state index contributed by atoms with van der Waals surface area (Å²) < 4.78 is 24.0. The van der Waals surface area contributed by atoms with E-state index in [0.29, 0.717) is 0 Å². The first-order chi connectivity index (χ1) is 10.4. The molecular formula is C11H19FO10. The quantitative estimate of drug-likeness (QED) is 0.282. The van der Waals surface area contributed by atoms with E-state index in [9.17, 15) is 24.8 Å². The molecule has 2 saturated heterocycles. The Morgan fingerprint density at radius 1 is 0.864 bits per heavy atom. The summed E-state index contributed by atoms with van der Waals surface area (Å²) in [6.45, 7) is -1.39. The van der Waals surface area contributed by atoms with Crippen molar-refractivity contribution >= 4 is 0 Å². The number of ether oxygens (including phenoxy) is 2. The van der Waals surface area contributed by atoms with Gasteiger partial charge in [-0.1, -0.05) is 0 Å². The Hall–Kier alpha value is -0.470. The summed E-state index contributed by atoms with van der Waals surface area (Å²) in [6.07, 6.45) is -14.9. The highest BCUT2D eigenvalue weighted by atomic mass is 19.1. The van der Waals surface area contributed by atoms with Crippen LogP contribution in [0.15, 0.2) is 0 Å². The zero-order valence-electron chi connectivity index (χ0n) is 11.3. The molecule has 0 amide bonds. The van der Waals surface area contributed by atoms with Crippen molar-refractivity contribution in [2.24, 2.45) is 0 Å². The average Bonchev–Trinajstić information content (AvgIpc) is 2.52. The second kappa shape index (κ2) is 7.40. The molecule has 0 aromatic rings. The van der Waals surface area contributed by atoms with Crippen LogP contribution in [0, 0.1) is 0 Å². The summed E-state index contributed by atoms with van der Waals surface area (Å²) in [6, 6.07) is 0. The molecule has 0 aliphatic carbocycles. The maximum atomic E-state index is 13.8. The molecule has 2 heterocycles. The van der Waals surface area contributed by atoms with Crippen molar-refractivity contribution in [2.75, 3.05) is 13.2 Å². The molecule has 130 valence electrons. The third-order valence-electron chi connectivity index (χ3n) is 3.55. The van der Waals surface area contributed by atoms with Gasteiger partial charge in [0.25, 0.3) is 0 Å². The van der Waals surface area contributed by atoms with Crippen molar-refractivity contribution in [1.29, 1.82) is 0 Å². The molecule has 9 atom stereocenters. The molecule has 5 unspecified atom stereocenters. The van der Waals surface area contributed by atoms with E-state index in [1.54, 1.807) is 0 Å². The zero-order chi connectivity index (χ0) is 16.4. The minimum Gasteiger partial charge on any atom is -0.394 e. The van der Waals surface area contributed by atoms with Crippen LogP contribution >= 0.6 is 0 Å². The average molecular weight is 330 g/mol. The van der Waals surface area contributed by atoms with Gasteiger partial charge < -0.3 is 40.1 Å². The first-order valence-electron chi connectivity index (χ1n) is 6.61. The number of aliphatic hydroxyl groups is 6. The monoisotopic (exact) mass is 330 g/mol. The number of rotatable bonds is 4. The summed E-state index contributed by atoms with van der Waals surface area (Å²) >= 11 is 0. The zero-order valence-corrected chi connectivity index (χ0v) is 11.3. The maximum Gasteiger partial charge on any atom is 0.217 e. The predicted octanol–water partition coefficient (Wildman–Crippen LogP) is -3.85. The van der Waals surface area contributed by atoms with E-state index in [4.69, 9.17) is 19.7 Å². The number of aliphatic hydroxyl groups excluding tert-OH is 6. The van der Waals surface area contributed by atoms with Crippen molar-refractivity contribution in [3.8, 4) is 0 Å². The second-order valence-corrected chi connectivity index (χ2v) is 5.05. The Morgan fingerprint density at radius 2 is 1.50 bits per heavy atom. The van der Waals surface area contributed by atoms with Crippen LogP contribution < -0.4 is 0 Å². The maximum absolute atomic E-state index is 13.8. The highest BCUT2D eigenvalue weighted by Gasteiger charge is 2.49. The first-order valence-corrected chi connectivity index (χ1v) is 6.61. The van der Waals surface area contributed by atoms with E-state index in [1.807, 2.05) is 0 Å². The molecule has 22 heavy (non-hydrogen) atoms. The molecule has 10 nitrogen and oxygen atoms in total. The lowest BCUT2D eigenvalue weighted by Gasteiger charge is -2.43. The Labute approximate surface area is 124 Å². The van der Waals surface area contributed by atoms with Crippen molar-refractivity contribution in [2.45, 2.75) is 55.4 Å². The van der Waals surface area contributed by atoms with Crippen molar-refractivity contribution in [3.63, 3.8) is 0 Å². The van der Waals surface area contributed by atoms with Gasteiger partial charge >= 0.3 is 0 Å². The normalized spacial score (nSPS) is 50.0. The van der Waals surface area contributed by atoms with Gasteiger partial charge in [0.2, 0.25) is 6.29 Å². The summed E-state index contributed by atoms with van der Waals surface area (Å²) in [5.74, 6) is 0. The predicted molar refractivity (Wildman–Crippen MR) is 62.6 cm³/mol. The van der Waals surface area contributed by atoms with E-state index in [2.05, 4.69) is 9.78 Å². The lowest BCUT2D eigenvalue weighted by molar-refractivity contribution is -0.465. The molecule has 0 saturated carbocycles. The van der Waals surface area contributed by atoms with Gasteiger partial charge in [-0.2, -0.15) is 0 Å². The second-order valence-electron chi connectivity index (χ2n) is 5.05. The van der Waals surface area contributed by atoms with Gasteiger partial charge in [-0.15, -0.1) is 0 Å². The first kappa shape index (κ1) is 17.9. The highest BCUT2D eigenvalue weighted by molar-refractivity contribution is 4.91. The summed E-state index contributed by atoms with van der Waals surface area (Å²) in [5.41, 5.74) is 0. The third-order valence-corrected chi connectivity index (χ3v) is 3.55. The smallest absolute Gasteiger partial charge is 0.217 e. The molecule has 2 aliphatic heterocycles. The van der Waals surface area contributed by atoms with Crippen LogP contribution in [0.3, 0.4) is 0 Å². The summed E-state index contributed by atoms with van der Waals surface area (Å²) in [5, 5.41) is 56.4. The van der Waals surface area contributed by atoms with Gasteiger partial charge in [0.05, 0.1) is 13.2 Å². The number of halogens is 1. The third kappa shape index (κ3) is 3.38. The van der Waals surface area contributed by atoms with E-state index in [-0.39, 0.29) is 0 Å². The van der Waals surface area contributed by atoms with Crippen LogP contribution in [0.25, 0.3) is 0 Å². The van der Waals surface area contributed by atoms with Gasteiger partial charge in [-0.05, 0) is 0 Å². The van der Waals surface area contributed by atoms with E-state index in [1.165, 1.54) is 0 Å². The molecule has 2 fully saturated rings. The molecule has 11 heteroatoms. The van der Waals surface area contributed by atoms with Gasteiger partial charge in [-0.25, -0.2) is 14.2 Å². The topological polar surface area (TPSA) is 158 Å². The van der Waals surface area contributed by atoms with Crippen LogP contribution in [-0.2, 0) is 19.2 Å². The minimum atomic E-state index is -2.16. The van der Waals surface area contributed by atoms with E-state index < -0.39 is 68.6 Å². The van der Waals surface area contributed by atoms with Gasteiger partial charge in [-0.3, -0.25) is 0 Å². The molecule has 6 N–H and O–H groups in total. The Balaban J connectivity index is 2.09. The molecule has 0 spiro atoms. The van der Waals surface area contributed by atoms with Crippen LogP contribution in [0.1, 0.15) is 0 Å². The van der Waals surface area contributed by atoms with Crippen molar-refractivity contribution in [1.82, 2.24) is 0 Å². The van der Waals surface area contributed by atoms with E-state index >= 15 is 0 Å². The fraction of sp³-hybridized carbons (Fsp3) is 1.00. The van der Waals surface area contributed by atoms with Gasteiger partial charge in [0.1, 0.15) is 36.6 Å². The lowest BCUT2D eigenvalue weighted by Crippen LogP contribution is -2.61. The van der Waals surface area contributed by atoms with Crippen molar-refractivity contribution < 1.29 is 54.3 Å². The van der Waals surface area contributed by atoms with Gasteiger partial charge in [0.15, 0.2) is 12.5 Å². The molecule has 0 bridgehead atoms. The molecule has 0 radical (unpaired) electrons. The van der Waals surface area contributed by atoms with Crippen LogP contribution in [0.4, 0.5) is 4.39 Å². The largest absolute Gasteiger partial charge is 0.394 e. The standard InChI is InChI=1S/C11H19FO10/c12-5-6(15)3(1-13)19-11(7(5)16)20-9-4(2-14)21-22-10(18)8(9)17/h3-11,13-18H,1-2H2/t3?,4?,5?,6-,7?,8?,9-,10-,11+/m1/s1.